The number of hydrogen-bond donors (Lipinski definition) is 1. The molecule has 1 aliphatic heterocycles. The topological polar surface area (TPSA) is 45.2 Å². The Morgan fingerprint density at radius 2 is 2.20 bits per heavy atom. The molecule has 4 nitrogen and oxygen atoms in total. The third-order valence-electron chi connectivity index (χ3n) is 2.66. The predicted molar refractivity (Wildman–Crippen MR) is 58.9 cm³/mol. The van der Waals surface area contributed by atoms with Gasteiger partial charge in [-0.25, -0.2) is 0 Å². The van der Waals surface area contributed by atoms with Gasteiger partial charge in [0.2, 0.25) is 0 Å². The van der Waals surface area contributed by atoms with E-state index < -0.39 is 0 Å². The number of nitrogens with zero attached hydrogens (tertiary/aromatic N) is 2. The molecule has 80 valence electrons. The van der Waals surface area contributed by atoms with Gasteiger partial charge in [-0.3, -0.25) is 9.78 Å². The number of anilines is 1. The molecule has 1 N–H and O–H groups in total. The number of pyridine rings is 1. The van der Waals surface area contributed by atoms with Crippen LogP contribution in [-0.4, -0.2) is 35.9 Å². The standard InChI is InChI=1S/C11H15N3O/c1-12-9-4-5-13-10(8-9)11(15)14-6-2-3-7-14/h4-5,8H,2-3,6-7H2,1H3,(H,12,13). The largest absolute Gasteiger partial charge is 0.388 e. The quantitative estimate of drug-likeness (QED) is 0.793. The van der Waals surface area contributed by atoms with Gasteiger partial charge in [0, 0.05) is 32.0 Å². The van der Waals surface area contributed by atoms with Crippen molar-refractivity contribution in [1.29, 1.82) is 0 Å². The zero-order valence-electron chi connectivity index (χ0n) is 8.86. The van der Waals surface area contributed by atoms with Crippen LogP contribution in [0.1, 0.15) is 23.3 Å². The fraction of sp³-hybridized carbons (Fsp3) is 0.455. The van der Waals surface area contributed by atoms with E-state index >= 15 is 0 Å². The Labute approximate surface area is 89.3 Å². The molecule has 0 aromatic carbocycles. The molecule has 4 heteroatoms. The Morgan fingerprint density at radius 3 is 2.87 bits per heavy atom. The summed E-state index contributed by atoms with van der Waals surface area (Å²) < 4.78 is 0. The fourth-order valence-electron chi connectivity index (χ4n) is 1.79. The Hall–Kier alpha value is -1.58. The second kappa shape index (κ2) is 4.29. The highest BCUT2D eigenvalue weighted by Crippen LogP contribution is 2.13. The molecule has 0 radical (unpaired) electrons. The number of carbonyl (C=O) groups excluding carboxylic acids is 1. The van der Waals surface area contributed by atoms with Crippen molar-refractivity contribution in [2.75, 3.05) is 25.5 Å². The van der Waals surface area contributed by atoms with E-state index in [-0.39, 0.29) is 5.91 Å². The fourth-order valence-corrected chi connectivity index (χ4v) is 1.79. The molecule has 0 aliphatic carbocycles. The van der Waals surface area contributed by atoms with Crippen LogP contribution in [0.5, 0.6) is 0 Å². The van der Waals surface area contributed by atoms with Crippen LogP contribution in [-0.2, 0) is 0 Å². The van der Waals surface area contributed by atoms with Crippen molar-refractivity contribution in [3.63, 3.8) is 0 Å². The molecule has 0 bridgehead atoms. The maximum Gasteiger partial charge on any atom is 0.272 e. The number of carbonyl (C=O) groups is 1. The van der Waals surface area contributed by atoms with E-state index in [1.54, 1.807) is 12.3 Å². The van der Waals surface area contributed by atoms with Crippen LogP contribution in [0, 0.1) is 0 Å². The van der Waals surface area contributed by atoms with Crippen LogP contribution >= 0.6 is 0 Å². The zero-order chi connectivity index (χ0) is 10.7. The zero-order valence-corrected chi connectivity index (χ0v) is 8.86. The van der Waals surface area contributed by atoms with E-state index in [2.05, 4.69) is 10.3 Å². The van der Waals surface area contributed by atoms with Crippen molar-refractivity contribution >= 4 is 11.6 Å². The summed E-state index contributed by atoms with van der Waals surface area (Å²) in [6.07, 6.45) is 3.88. The summed E-state index contributed by atoms with van der Waals surface area (Å²) in [6.45, 7) is 1.73. The molecule has 2 heterocycles. The molecule has 1 aromatic heterocycles. The first kappa shape index (κ1) is 9.96. The number of hydrogen-bond acceptors (Lipinski definition) is 3. The van der Waals surface area contributed by atoms with Crippen molar-refractivity contribution in [2.24, 2.45) is 0 Å². The molecular weight excluding hydrogens is 190 g/mol. The van der Waals surface area contributed by atoms with Gasteiger partial charge in [-0.15, -0.1) is 0 Å². The number of aromatic nitrogens is 1. The Balaban J connectivity index is 2.17. The second-order valence-corrected chi connectivity index (χ2v) is 3.68. The van der Waals surface area contributed by atoms with Crippen LogP contribution in [0.3, 0.4) is 0 Å². The minimum absolute atomic E-state index is 0.0459. The van der Waals surface area contributed by atoms with Crippen molar-refractivity contribution in [3.8, 4) is 0 Å². The number of nitrogens with one attached hydrogen (secondary N) is 1. The van der Waals surface area contributed by atoms with Crippen LogP contribution in [0.25, 0.3) is 0 Å². The van der Waals surface area contributed by atoms with Crippen molar-refractivity contribution in [3.05, 3.63) is 24.0 Å². The van der Waals surface area contributed by atoms with E-state index in [0.717, 1.165) is 31.6 Å². The SMILES string of the molecule is CNc1ccnc(C(=O)N2CCCC2)c1. The Bertz CT molecular complexity index is 359. The predicted octanol–water partition coefficient (Wildman–Crippen LogP) is 1.36. The van der Waals surface area contributed by atoms with Crippen molar-refractivity contribution in [2.45, 2.75) is 12.8 Å². The first-order valence-corrected chi connectivity index (χ1v) is 5.24. The summed E-state index contributed by atoms with van der Waals surface area (Å²) in [5.41, 5.74) is 1.45. The number of amides is 1. The van der Waals surface area contributed by atoms with Gasteiger partial charge in [-0.1, -0.05) is 0 Å². The lowest BCUT2D eigenvalue weighted by atomic mass is 10.3. The summed E-state index contributed by atoms with van der Waals surface area (Å²) in [6, 6.07) is 3.64. The highest BCUT2D eigenvalue weighted by Gasteiger charge is 2.20. The van der Waals surface area contributed by atoms with Crippen LogP contribution in [0.4, 0.5) is 5.69 Å². The summed E-state index contributed by atoms with van der Waals surface area (Å²) in [4.78, 5) is 17.9. The third kappa shape index (κ3) is 2.09. The molecule has 1 aromatic rings. The minimum atomic E-state index is 0.0459. The van der Waals surface area contributed by atoms with Gasteiger partial charge in [0.05, 0.1) is 0 Å². The average Bonchev–Trinajstić information content (AvgIpc) is 2.81. The molecular formula is C11H15N3O. The van der Waals surface area contributed by atoms with Gasteiger partial charge >= 0.3 is 0 Å². The Morgan fingerprint density at radius 1 is 1.47 bits per heavy atom. The first-order valence-electron chi connectivity index (χ1n) is 5.24. The number of rotatable bonds is 2. The average molecular weight is 205 g/mol. The first-order chi connectivity index (χ1) is 7.31. The molecule has 0 spiro atoms. The van der Waals surface area contributed by atoms with E-state index in [9.17, 15) is 4.79 Å². The molecule has 2 rings (SSSR count). The minimum Gasteiger partial charge on any atom is -0.388 e. The lowest BCUT2D eigenvalue weighted by molar-refractivity contribution is 0.0787. The van der Waals surface area contributed by atoms with E-state index in [1.165, 1.54) is 0 Å². The van der Waals surface area contributed by atoms with Gasteiger partial charge in [-0.2, -0.15) is 0 Å². The molecule has 0 atom stereocenters. The molecule has 0 saturated carbocycles. The van der Waals surface area contributed by atoms with E-state index in [1.807, 2.05) is 18.0 Å². The summed E-state index contributed by atoms with van der Waals surface area (Å²) >= 11 is 0. The number of likely N-dealkylation sites (tertiary alicyclic amines) is 1. The Kier molecular flexibility index (Phi) is 2.85. The second-order valence-electron chi connectivity index (χ2n) is 3.68. The van der Waals surface area contributed by atoms with E-state index in [0.29, 0.717) is 5.69 Å². The summed E-state index contributed by atoms with van der Waals surface area (Å²) in [5.74, 6) is 0.0459. The monoisotopic (exact) mass is 205 g/mol. The van der Waals surface area contributed by atoms with Gasteiger partial charge in [-0.05, 0) is 25.0 Å². The maximum atomic E-state index is 12.0. The smallest absolute Gasteiger partial charge is 0.272 e. The highest BCUT2D eigenvalue weighted by atomic mass is 16.2. The van der Waals surface area contributed by atoms with Crippen LogP contribution in [0.15, 0.2) is 18.3 Å². The summed E-state index contributed by atoms with van der Waals surface area (Å²) in [5, 5.41) is 3.00. The van der Waals surface area contributed by atoms with E-state index in [4.69, 9.17) is 0 Å². The maximum absolute atomic E-state index is 12.0. The third-order valence-corrected chi connectivity index (χ3v) is 2.66. The van der Waals surface area contributed by atoms with Crippen molar-refractivity contribution in [1.82, 2.24) is 9.88 Å². The molecule has 1 amide bonds. The highest BCUT2D eigenvalue weighted by molar-refractivity contribution is 5.93. The van der Waals surface area contributed by atoms with Gasteiger partial charge < -0.3 is 10.2 Å². The normalized spacial score (nSPS) is 15.4. The molecule has 1 fully saturated rings. The van der Waals surface area contributed by atoms with Gasteiger partial charge in [0.1, 0.15) is 5.69 Å². The van der Waals surface area contributed by atoms with Crippen LogP contribution < -0.4 is 5.32 Å². The summed E-state index contributed by atoms with van der Waals surface area (Å²) in [7, 11) is 1.83. The molecule has 15 heavy (non-hydrogen) atoms. The van der Waals surface area contributed by atoms with Gasteiger partial charge in [0.25, 0.3) is 5.91 Å². The molecule has 0 unspecified atom stereocenters. The lowest BCUT2D eigenvalue weighted by Gasteiger charge is -2.14. The molecule has 1 saturated heterocycles. The van der Waals surface area contributed by atoms with Crippen LogP contribution in [0.2, 0.25) is 0 Å². The lowest BCUT2D eigenvalue weighted by Crippen LogP contribution is -2.28. The van der Waals surface area contributed by atoms with Crippen molar-refractivity contribution < 1.29 is 4.79 Å². The molecule has 1 aliphatic rings. The van der Waals surface area contributed by atoms with Gasteiger partial charge in [0.15, 0.2) is 0 Å².